The molecule has 0 nitrogen and oxygen atoms in total. The van der Waals surface area contributed by atoms with Crippen LogP contribution in [0.1, 0.15) is 48.9 Å². The maximum atomic E-state index is 2.57. The summed E-state index contributed by atoms with van der Waals surface area (Å²) >= 11 is -0.421. The molecule has 0 fully saturated rings. The Morgan fingerprint density at radius 3 is 1.05 bits per heavy atom. The van der Waals surface area contributed by atoms with Crippen molar-refractivity contribution in [3.8, 4) is 22.3 Å². The molecule has 0 aliphatic heterocycles. The van der Waals surface area contributed by atoms with E-state index in [9.17, 15) is 0 Å². The van der Waals surface area contributed by atoms with E-state index in [1.807, 2.05) is 0 Å². The molecule has 1 aliphatic carbocycles. The van der Waals surface area contributed by atoms with Gasteiger partial charge in [0.2, 0.25) is 0 Å². The molecule has 14 aromatic carbocycles. The van der Waals surface area contributed by atoms with Crippen molar-refractivity contribution in [1.29, 1.82) is 0 Å². The van der Waals surface area contributed by atoms with Crippen LogP contribution in [0.5, 0.6) is 0 Å². The van der Waals surface area contributed by atoms with Crippen molar-refractivity contribution in [2.75, 3.05) is 8.86 Å². The minimum absolute atomic E-state index is 0.211. The molecule has 0 atom stereocenters. The van der Waals surface area contributed by atoms with Crippen molar-refractivity contribution < 1.29 is 42.4 Å². The summed E-state index contributed by atoms with van der Waals surface area (Å²) in [5.41, 5.74) is 11.3. The monoisotopic (exact) mass is 1040 g/mol. The fraction of sp³-hybridized carbons (Fsp3) is 0.161. The molecule has 15 rings (SSSR count). The van der Waals surface area contributed by atoms with Crippen LogP contribution in [-0.2, 0) is 0 Å². The molecule has 64 heavy (non-hydrogen) atoms. The first-order valence-corrected chi connectivity index (χ1v) is 28.5. The molecule has 1 aliphatic rings. The average molecular weight is 1040 g/mol. The van der Waals surface area contributed by atoms with Gasteiger partial charge in [-0.05, 0) is 77.6 Å². The quantitative estimate of drug-likeness (QED) is 0.0674. The Hall–Kier alpha value is -5.30. The molecular formula is C62H44I2-2. The summed E-state index contributed by atoms with van der Waals surface area (Å²) in [6, 6.07) is 44.1. The number of alkyl halides is 2. The van der Waals surface area contributed by atoms with Gasteiger partial charge in [0.05, 0.1) is 0 Å². The van der Waals surface area contributed by atoms with E-state index >= 15 is 0 Å². The molecular weight excluding hydrogens is 998 g/mol. The summed E-state index contributed by atoms with van der Waals surface area (Å²) < 4.78 is 6.01. The molecule has 0 saturated carbocycles. The third-order valence-electron chi connectivity index (χ3n) is 15.6. The summed E-state index contributed by atoms with van der Waals surface area (Å²) in [7, 11) is 0. The van der Waals surface area contributed by atoms with Gasteiger partial charge in [-0.25, -0.2) is 0 Å². The second-order valence-electron chi connectivity index (χ2n) is 19.1. The molecule has 14 aromatic rings. The third-order valence-corrected chi connectivity index (χ3v) is 22.5. The van der Waals surface area contributed by atoms with Gasteiger partial charge < -0.3 is 0 Å². The standard InChI is InChI=1S/C62H44I2/c1-7-25-63-61-56-40-13-9-11-33-12-10-14-41(50(33)40)57(56)62(64-26-8-2)59-43-24-22-37-35-18-20-39-45-28-32(6)49-47-30(4)16-15-29(3)46(47)48-31(5)27-44(55(45)60(48)49)38-19-17-34(51(35)53(38)39)36-21-23-42(58(59)61)54(43)52(36)37/h9-24,27-28H,7-8,25-26H2,1-6H3/q-2. The first-order chi connectivity index (χ1) is 31.4. The van der Waals surface area contributed by atoms with Crippen LogP contribution in [0.4, 0.5) is 0 Å². The topological polar surface area (TPSA) is 0 Å². The molecule has 0 radical (unpaired) electrons. The van der Waals surface area contributed by atoms with Crippen molar-refractivity contribution in [2.45, 2.75) is 54.4 Å². The maximum absolute atomic E-state index is 2.57. The Bertz CT molecular complexity index is 4150. The average Bonchev–Trinajstić information content (AvgIpc) is 3.98. The number of halogens is 2. The molecule has 0 N–H and O–H groups in total. The second kappa shape index (κ2) is 12.7. The minimum atomic E-state index is -0.211. The first kappa shape index (κ1) is 37.0. The Kier molecular flexibility index (Phi) is 7.36. The summed E-state index contributed by atoms with van der Waals surface area (Å²) in [6.07, 6.45) is 2.48. The van der Waals surface area contributed by atoms with Crippen molar-refractivity contribution in [3.63, 3.8) is 0 Å². The number of aryl methyl sites for hydroxylation is 4. The number of benzene rings is 12. The van der Waals surface area contributed by atoms with Crippen LogP contribution in [0.25, 0.3) is 152 Å². The van der Waals surface area contributed by atoms with Gasteiger partial charge in [-0.2, -0.15) is 0 Å². The first-order valence-electron chi connectivity index (χ1n) is 23.3. The van der Waals surface area contributed by atoms with Crippen molar-refractivity contribution >= 4 is 129 Å². The van der Waals surface area contributed by atoms with E-state index < -0.39 is 0 Å². The van der Waals surface area contributed by atoms with Gasteiger partial charge in [0.25, 0.3) is 0 Å². The summed E-state index contributed by atoms with van der Waals surface area (Å²) in [4.78, 5) is 0. The summed E-state index contributed by atoms with van der Waals surface area (Å²) in [5, 5.41) is 35.2. The van der Waals surface area contributed by atoms with E-state index in [4.69, 9.17) is 0 Å². The van der Waals surface area contributed by atoms with E-state index in [-0.39, 0.29) is 42.4 Å². The molecule has 2 heteroatoms. The van der Waals surface area contributed by atoms with Crippen molar-refractivity contribution in [1.82, 2.24) is 0 Å². The van der Waals surface area contributed by atoms with Gasteiger partial charge in [0, 0.05) is 0 Å². The Balaban J connectivity index is 1.11. The zero-order valence-corrected chi connectivity index (χ0v) is 41.3. The normalized spacial score (nSPS) is 13.3. The molecule has 0 heterocycles. The van der Waals surface area contributed by atoms with Crippen LogP contribution in [-0.4, -0.2) is 8.86 Å². The fourth-order valence-corrected chi connectivity index (χ4v) is 19.2. The van der Waals surface area contributed by atoms with E-state index in [0.29, 0.717) is 0 Å². The molecule has 308 valence electrons. The zero-order chi connectivity index (χ0) is 42.6. The van der Waals surface area contributed by atoms with Crippen LogP contribution < -0.4 is 42.4 Å². The number of hydrogen-bond donors (Lipinski definition) is 0. The van der Waals surface area contributed by atoms with E-state index in [0.717, 1.165) is 0 Å². The predicted molar refractivity (Wildman–Crippen MR) is 272 cm³/mol. The van der Waals surface area contributed by atoms with Crippen molar-refractivity contribution in [3.05, 3.63) is 139 Å². The predicted octanol–water partition coefficient (Wildman–Crippen LogP) is 11.5. The Morgan fingerprint density at radius 1 is 0.297 bits per heavy atom. The van der Waals surface area contributed by atoms with Gasteiger partial charge >= 0.3 is 306 Å². The van der Waals surface area contributed by atoms with Gasteiger partial charge in [0.1, 0.15) is 0 Å². The van der Waals surface area contributed by atoms with E-state index in [1.54, 1.807) is 28.7 Å². The van der Waals surface area contributed by atoms with Crippen LogP contribution in [0.2, 0.25) is 0 Å². The summed E-state index contributed by atoms with van der Waals surface area (Å²) in [5.74, 6) is 0. The SMILES string of the molecule is CCC[I-]c1c2c3cccc4cccc(c2c([I-]CCC)c2c5ccc6c7ccc8c9cc(C)c%10c%11c(c(C)cc(c%12ccc(c%13ccc(c12)c5c%136)c7c%128)c%119)-c1c(C)ccc(C)c1-%10)c43. The third kappa shape index (κ3) is 4.24. The Labute approximate surface area is 392 Å². The molecule has 0 spiro atoms. The summed E-state index contributed by atoms with van der Waals surface area (Å²) in [6.45, 7) is 14.1. The van der Waals surface area contributed by atoms with E-state index in [1.165, 1.54) is 174 Å². The number of hydrogen-bond acceptors (Lipinski definition) is 0. The van der Waals surface area contributed by atoms with Gasteiger partial charge in [0.15, 0.2) is 0 Å². The molecule has 0 saturated heterocycles. The second-order valence-corrected chi connectivity index (χ2v) is 24.9. The van der Waals surface area contributed by atoms with Crippen LogP contribution in [0.15, 0.2) is 109 Å². The van der Waals surface area contributed by atoms with Crippen molar-refractivity contribution in [2.24, 2.45) is 0 Å². The zero-order valence-electron chi connectivity index (χ0n) is 37.0. The Morgan fingerprint density at radius 2 is 0.641 bits per heavy atom. The number of rotatable bonds is 6. The molecule has 0 aromatic heterocycles. The molecule has 0 bridgehead atoms. The van der Waals surface area contributed by atoms with Crippen LogP contribution in [0.3, 0.4) is 0 Å². The van der Waals surface area contributed by atoms with Crippen LogP contribution in [0, 0.1) is 34.8 Å². The number of fused-ring (bicyclic) bond motifs is 13. The van der Waals surface area contributed by atoms with Gasteiger partial charge in [-0.15, -0.1) is 0 Å². The van der Waals surface area contributed by atoms with Gasteiger partial charge in [-0.1, -0.05) is 12.1 Å². The molecule has 0 amide bonds. The fourth-order valence-electron chi connectivity index (χ4n) is 13.3. The molecule has 0 unspecified atom stereocenters. The van der Waals surface area contributed by atoms with Gasteiger partial charge in [-0.3, -0.25) is 0 Å². The van der Waals surface area contributed by atoms with Crippen LogP contribution >= 0.6 is 0 Å². The van der Waals surface area contributed by atoms with E-state index in [2.05, 4.69) is 151 Å².